The van der Waals surface area contributed by atoms with Crippen LogP contribution in [0.1, 0.15) is 18.9 Å². The number of nitrogens with one attached hydrogen (secondary N) is 1. The molecule has 0 spiro atoms. The van der Waals surface area contributed by atoms with Gasteiger partial charge in [0.2, 0.25) is 6.10 Å². The second-order valence-electron chi connectivity index (χ2n) is 4.38. The van der Waals surface area contributed by atoms with E-state index in [0.29, 0.717) is 5.71 Å². The molecule has 0 saturated carbocycles. The molecule has 1 aromatic carbocycles. The van der Waals surface area contributed by atoms with Crippen LogP contribution in [0, 0.1) is 5.82 Å². The molecular formula is C13H13FN2O4. The molecule has 106 valence electrons. The predicted octanol–water partition coefficient (Wildman–Crippen LogP) is 0.908. The first-order valence-corrected chi connectivity index (χ1v) is 6.00. The molecule has 0 saturated heterocycles. The third-order valence-corrected chi connectivity index (χ3v) is 2.88. The molecule has 7 heteroatoms. The third kappa shape index (κ3) is 2.93. The maximum Gasteiger partial charge on any atom is 0.325 e. The van der Waals surface area contributed by atoms with Gasteiger partial charge in [-0.1, -0.05) is 23.4 Å². The van der Waals surface area contributed by atoms with Crippen LogP contribution in [0.25, 0.3) is 0 Å². The van der Waals surface area contributed by atoms with Crippen LogP contribution in [0.2, 0.25) is 0 Å². The minimum absolute atomic E-state index is 0.0963. The Morgan fingerprint density at radius 2 is 2.20 bits per heavy atom. The zero-order valence-corrected chi connectivity index (χ0v) is 10.7. The number of amides is 1. The van der Waals surface area contributed by atoms with Gasteiger partial charge in [0.15, 0.2) is 0 Å². The van der Waals surface area contributed by atoms with Crippen molar-refractivity contribution >= 4 is 17.6 Å². The number of halogens is 1. The Kier molecular flexibility index (Phi) is 3.97. The van der Waals surface area contributed by atoms with E-state index >= 15 is 0 Å². The number of carbonyl (C=O) groups is 2. The summed E-state index contributed by atoms with van der Waals surface area (Å²) in [6.07, 6.45) is -0.842. The molecule has 2 rings (SSSR count). The second kappa shape index (κ2) is 5.68. The maximum atomic E-state index is 13.6. The van der Waals surface area contributed by atoms with Crippen LogP contribution in [0.4, 0.5) is 4.39 Å². The first-order valence-electron chi connectivity index (χ1n) is 6.00. The Hall–Kier alpha value is -2.44. The summed E-state index contributed by atoms with van der Waals surface area (Å²) in [7, 11) is 0. The number of hydrogen-bond acceptors (Lipinski definition) is 4. The molecule has 1 amide bonds. The highest BCUT2D eigenvalue weighted by Crippen LogP contribution is 2.19. The summed E-state index contributed by atoms with van der Waals surface area (Å²) in [6, 6.07) is 5.01. The van der Waals surface area contributed by atoms with Crippen molar-refractivity contribution in [2.24, 2.45) is 5.16 Å². The zero-order chi connectivity index (χ0) is 14.7. The van der Waals surface area contributed by atoms with Crippen molar-refractivity contribution in [2.75, 3.05) is 0 Å². The molecule has 2 atom stereocenters. The van der Waals surface area contributed by atoms with Crippen LogP contribution in [0.3, 0.4) is 0 Å². The molecule has 0 bridgehead atoms. The number of carbonyl (C=O) groups excluding carboxylic acids is 1. The van der Waals surface area contributed by atoms with Gasteiger partial charge in [-0.3, -0.25) is 9.59 Å². The van der Waals surface area contributed by atoms with Gasteiger partial charge in [0.1, 0.15) is 11.9 Å². The van der Waals surface area contributed by atoms with E-state index in [9.17, 15) is 14.0 Å². The highest BCUT2D eigenvalue weighted by Gasteiger charge is 2.31. The molecule has 1 aromatic rings. The summed E-state index contributed by atoms with van der Waals surface area (Å²) in [6.45, 7) is 1.34. The van der Waals surface area contributed by atoms with Gasteiger partial charge in [0, 0.05) is 12.0 Å². The van der Waals surface area contributed by atoms with Crippen molar-refractivity contribution in [3.8, 4) is 0 Å². The van der Waals surface area contributed by atoms with Crippen molar-refractivity contribution < 1.29 is 23.9 Å². The fraction of sp³-hybridized carbons (Fsp3) is 0.308. The molecule has 6 nitrogen and oxygen atoms in total. The van der Waals surface area contributed by atoms with Gasteiger partial charge in [-0.2, -0.15) is 0 Å². The first-order chi connectivity index (χ1) is 9.49. The fourth-order valence-corrected chi connectivity index (χ4v) is 1.74. The van der Waals surface area contributed by atoms with Gasteiger partial charge in [-0.25, -0.2) is 4.39 Å². The molecule has 1 heterocycles. The number of nitrogens with zero attached hydrogens (tertiary/aromatic N) is 1. The van der Waals surface area contributed by atoms with Crippen LogP contribution >= 0.6 is 0 Å². The standard InChI is InChI=1S/C13H13FN2O4/c1-7(13(18)19)15-12(17)11-6-10(16-20-11)8-4-2-3-5-9(8)14/h2-5,7,11H,6H2,1H3,(H,15,17)(H,18,19). The number of carboxylic acid groups (broad SMARTS) is 1. The van der Waals surface area contributed by atoms with E-state index in [1.807, 2.05) is 0 Å². The molecule has 1 aliphatic rings. The van der Waals surface area contributed by atoms with Crippen LogP contribution in [-0.4, -0.2) is 34.8 Å². The zero-order valence-electron chi connectivity index (χ0n) is 10.7. The number of carboxylic acids is 1. The number of rotatable bonds is 4. The van der Waals surface area contributed by atoms with Crippen molar-refractivity contribution in [3.05, 3.63) is 35.6 Å². The Morgan fingerprint density at radius 1 is 1.50 bits per heavy atom. The molecule has 0 aromatic heterocycles. The lowest BCUT2D eigenvalue weighted by atomic mass is 10.0. The lowest BCUT2D eigenvalue weighted by Gasteiger charge is -2.12. The van der Waals surface area contributed by atoms with Gasteiger partial charge in [0.05, 0.1) is 5.71 Å². The normalized spacial score (nSPS) is 18.9. The quantitative estimate of drug-likeness (QED) is 0.858. The van der Waals surface area contributed by atoms with E-state index in [2.05, 4.69) is 10.5 Å². The Morgan fingerprint density at radius 3 is 2.85 bits per heavy atom. The lowest BCUT2D eigenvalue weighted by Crippen LogP contribution is -2.43. The van der Waals surface area contributed by atoms with E-state index in [0.717, 1.165) is 0 Å². The van der Waals surface area contributed by atoms with Gasteiger partial charge in [-0.15, -0.1) is 0 Å². The van der Waals surface area contributed by atoms with E-state index in [1.165, 1.54) is 19.1 Å². The van der Waals surface area contributed by atoms with E-state index in [4.69, 9.17) is 9.94 Å². The van der Waals surface area contributed by atoms with Crippen LogP contribution in [0.5, 0.6) is 0 Å². The van der Waals surface area contributed by atoms with Crippen LogP contribution < -0.4 is 5.32 Å². The molecule has 0 fully saturated rings. The van der Waals surface area contributed by atoms with Crippen LogP contribution in [-0.2, 0) is 14.4 Å². The summed E-state index contributed by atoms with van der Waals surface area (Å²) in [5.41, 5.74) is 0.598. The van der Waals surface area contributed by atoms with Crippen molar-refractivity contribution in [1.29, 1.82) is 0 Å². The SMILES string of the molecule is CC(NC(=O)C1CC(c2ccccc2F)=NO1)C(=O)O. The third-order valence-electron chi connectivity index (χ3n) is 2.88. The minimum atomic E-state index is -1.15. The van der Waals surface area contributed by atoms with Gasteiger partial charge >= 0.3 is 5.97 Å². The molecular weight excluding hydrogens is 267 g/mol. The van der Waals surface area contributed by atoms with Crippen molar-refractivity contribution in [1.82, 2.24) is 5.32 Å². The smallest absolute Gasteiger partial charge is 0.325 e. The molecule has 2 unspecified atom stereocenters. The predicted molar refractivity (Wildman–Crippen MR) is 67.7 cm³/mol. The van der Waals surface area contributed by atoms with Crippen molar-refractivity contribution in [3.63, 3.8) is 0 Å². The largest absolute Gasteiger partial charge is 0.480 e. The van der Waals surface area contributed by atoms with E-state index in [1.54, 1.807) is 12.1 Å². The summed E-state index contributed by atoms with van der Waals surface area (Å²) in [4.78, 5) is 27.3. The molecule has 1 aliphatic heterocycles. The average molecular weight is 280 g/mol. The Bertz CT molecular complexity index is 573. The monoisotopic (exact) mass is 280 g/mol. The van der Waals surface area contributed by atoms with Crippen molar-refractivity contribution in [2.45, 2.75) is 25.5 Å². The minimum Gasteiger partial charge on any atom is -0.480 e. The number of hydrogen-bond donors (Lipinski definition) is 2. The topological polar surface area (TPSA) is 88.0 Å². The fourth-order valence-electron chi connectivity index (χ4n) is 1.74. The molecule has 2 N–H and O–H groups in total. The summed E-state index contributed by atoms with van der Waals surface area (Å²) in [5, 5.41) is 14.7. The summed E-state index contributed by atoms with van der Waals surface area (Å²) in [5.74, 6) is -2.18. The number of aliphatic carboxylic acids is 1. The van der Waals surface area contributed by atoms with Crippen LogP contribution in [0.15, 0.2) is 29.4 Å². The van der Waals surface area contributed by atoms with Gasteiger partial charge in [0.25, 0.3) is 5.91 Å². The van der Waals surface area contributed by atoms with E-state index < -0.39 is 29.8 Å². The second-order valence-corrected chi connectivity index (χ2v) is 4.38. The molecule has 20 heavy (non-hydrogen) atoms. The maximum absolute atomic E-state index is 13.6. The van der Waals surface area contributed by atoms with Gasteiger partial charge in [-0.05, 0) is 13.0 Å². The summed E-state index contributed by atoms with van der Waals surface area (Å²) < 4.78 is 13.6. The Balaban J connectivity index is 2.00. The number of benzene rings is 1. The first kappa shape index (κ1) is 14.0. The number of oxime groups is 1. The average Bonchev–Trinajstić information content (AvgIpc) is 2.88. The van der Waals surface area contributed by atoms with Gasteiger partial charge < -0.3 is 15.3 Å². The lowest BCUT2D eigenvalue weighted by molar-refractivity contribution is -0.143. The molecule has 0 aliphatic carbocycles. The summed E-state index contributed by atoms with van der Waals surface area (Å²) >= 11 is 0. The van der Waals surface area contributed by atoms with E-state index in [-0.39, 0.29) is 12.0 Å². The highest BCUT2D eigenvalue weighted by molar-refractivity contribution is 6.04. The molecule has 0 radical (unpaired) electrons. The Labute approximate surface area is 114 Å². The highest BCUT2D eigenvalue weighted by atomic mass is 19.1.